The fourth-order valence-electron chi connectivity index (χ4n) is 2.64. The van der Waals surface area contributed by atoms with Crippen molar-refractivity contribution in [1.29, 1.82) is 0 Å². The summed E-state index contributed by atoms with van der Waals surface area (Å²) < 4.78 is 0. The average Bonchev–Trinajstić information content (AvgIpc) is 2.41. The van der Waals surface area contributed by atoms with Crippen LogP contribution in [0.1, 0.15) is 31.2 Å². The van der Waals surface area contributed by atoms with Crippen LogP contribution in [0.5, 0.6) is 0 Å². The molecule has 1 aliphatic carbocycles. The topological polar surface area (TPSA) is 55.2 Å². The second kappa shape index (κ2) is 6.28. The molecule has 19 heavy (non-hydrogen) atoms. The van der Waals surface area contributed by atoms with Crippen LogP contribution in [0.2, 0.25) is 0 Å². The minimum Gasteiger partial charge on any atom is -0.377 e. The molecule has 0 spiro atoms. The first kappa shape index (κ1) is 14.2. The standard InChI is InChI=1S/C14H20N2O2S/c1-10-4-3-5-13(16(17)18)14(10)15-11-6-8-12(19-2)9-7-11/h3-5,11-12,15H,6-9H2,1-2H3. The van der Waals surface area contributed by atoms with Gasteiger partial charge in [0.05, 0.1) is 4.92 Å². The second-order valence-electron chi connectivity index (χ2n) is 5.08. The molecule has 0 saturated heterocycles. The molecule has 1 aliphatic rings. The minimum atomic E-state index is -0.303. The van der Waals surface area contributed by atoms with Crippen LogP contribution < -0.4 is 5.32 Å². The third-order valence-corrected chi connectivity index (χ3v) is 4.94. The normalized spacial score (nSPS) is 23.1. The number of nitro groups is 1. The molecule has 104 valence electrons. The first-order valence-electron chi connectivity index (χ1n) is 6.65. The van der Waals surface area contributed by atoms with Gasteiger partial charge in [-0.15, -0.1) is 0 Å². The van der Waals surface area contributed by atoms with E-state index in [1.54, 1.807) is 12.1 Å². The average molecular weight is 280 g/mol. The Balaban J connectivity index is 2.09. The maximum atomic E-state index is 11.1. The number of para-hydroxylation sites is 1. The lowest BCUT2D eigenvalue weighted by molar-refractivity contribution is -0.384. The van der Waals surface area contributed by atoms with E-state index < -0.39 is 0 Å². The van der Waals surface area contributed by atoms with Crippen LogP contribution in [0.15, 0.2) is 18.2 Å². The summed E-state index contributed by atoms with van der Waals surface area (Å²) in [5.74, 6) is 0. The van der Waals surface area contributed by atoms with Gasteiger partial charge in [0.15, 0.2) is 0 Å². The molecule has 0 bridgehead atoms. The number of rotatable bonds is 4. The van der Waals surface area contributed by atoms with Gasteiger partial charge in [0.25, 0.3) is 5.69 Å². The van der Waals surface area contributed by atoms with Crippen molar-refractivity contribution < 1.29 is 4.92 Å². The smallest absolute Gasteiger partial charge is 0.292 e. The van der Waals surface area contributed by atoms with Crippen molar-refractivity contribution in [2.24, 2.45) is 0 Å². The fraction of sp³-hybridized carbons (Fsp3) is 0.571. The van der Waals surface area contributed by atoms with Gasteiger partial charge in [-0.25, -0.2) is 0 Å². The highest BCUT2D eigenvalue weighted by atomic mass is 32.2. The zero-order chi connectivity index (χ0) is 13.8. The lowest BCUT2D eigenvalue weighted by atomic mass is 9.94. The van der Waals surface area contributed by atoms with Crippen LogP contribution in [-0.4, -0.2) is 22.5 Å². The molecular weight excluding hydrogens is 260 g/mol. The zero-order valence-corrected chi connectivity index (χ0v) is 12.2. The Morgan fingerprint density at radius 3 is 2.58 bits per heavy atom. The van der Waals surface area contributed by atoms with Gasteiger partial charge < -0.3 is 5.32 Å². The van der Waals surface area contributed by atoms with Gasteiger partial charge in [-0.1, -0.05) is 12.1 Å². The molecule has 1 aromatic rings. The van der Waals surface area contributed by atoms with Crippen LogP contribution >= 0.6 is 11.8 Å². The zero-order valence-electron chi connectivity index (χ0n) is 11.4. The van der Waals surface area contributed by atoms with Crippen molar-refractivity contribution >= 4 is 23.1 Å². The number of nitrogens with zero attached hydrogens (tertiary/aromatic N) is 1. The third kappa shape index (κ3) is 3.41. The summed E-state index contributed by atoms with van der Waals surface area (Å²) in [6.45, 7) is 1.92. The predicted octanol–water partition coefficient (Wildman–Crippen LogP) is 3.99. The molecule has 1 fully saturated rings. The van der Waals surface area contributed by atoms with E-state index >= 15 is 0 Å². The molecule has 5 heteroatoms. The number of thioether (sulfide) groups is 1. The highest BCUT2D eigenvalue weighted by Crippen LogP contribution is 2.33. The predicted molar refractivity (Wildman–Crippen MR) is 81.0 cm³/mol. The van der Waals surface area contributed by atoms with Crippen molar-refractivity contribution in [2.75, 3.05) is 11.6 Å². The fourth-order valence-corrected chi connectivity index (χ4v) is 3.38. The number of anilines is 1. The summed E-state index contributed by atoms with van der Waals surface area (Å²) in [6, 6.07) is 5.60. The van der Waals surface area contributed by atoms with Gasteiger partial charge in [0, 0.05) is 17.4 Å². The lowest BCUT2D eigenvalue weighted by Crippen LogP contribution is -2.27. The Bertz CT molecular complexity index is 457. The molecule has 1 saturated carbocycles. The summed E-state index contributed by atoms with van der Waals surface area (Å²) in [7, 11) is 0. The van der Waals surface area contributed by atoms with E-state index in [1.807, 2.05) is 24.8 Å². The molecular formula is C14H20N2O2S. The van der Waals surface area contributed by atoms with Gasteiger partial charge >= 0.3 is 0 Å². The Labute approximate surface area is 118 Å². The summed E-state index contributed by atoms with van der Waals surface area (Å²) in [5.41, 5.74) is 1.83. The van der Waals surface area contributed by atoms with Crippen molar-refractivity contribution in [2.45, 2.75) is 43.9 Å². The highest BCUT2D eigenvalue weighted by Gasteiger charge is 2.23. The van der Waals surface area contributed by atoms with E-state index in [2.05, 4.69) is 11.6 Å². The molecule has 2 rings (SSSR count). The molecule has 0 radical (unpaired) electrons. The van der Waals surface area contributed by atoms with Crippen molar-refractivity contribution in [3.63, 3.8) is 0 Å². The van der Waals surface area contributed by atoms with Crippen LogP contribution in [0.3, 0.4) is 0 Å². The summed E-state index contributed by atoms with van der Waals surface area (Å²) in [5, 5.41) is 15.2. The lowest BCUT2D eigenvalue weighted by Gasteiger charge is -2.29. The summed E-state index contributed by atoms with van der Waals surface area (Å²) in [6.07, 6.45) is 6.73. The van der Waals surface area contributed by atoms with E-state index in [1.165, 1.54) is 12.8 Å². The molecule has 1 aromatic carbocycles. The van der Waals surface area contributed by atoms with E-state index in [0.717, 1.165) is 23.7 Å². The van der Waals surface area contributed by atoms with Crippen molar-refractivity contribution in [1.82, 2.24) is 0 Å². The largest absolute Gasteiger partial charge is 0.377 e. The molecule has 0 amide bonds. The third-order valence-electron chi connectivity index (χ3n) is 3.80. The van der Waals surface area contributed by atoms with Crippen molar-refractivity contribution in [3.05, 3.63) is 33.9 Å². The van der Waals surface area contributed by atoms with Gasteiger partial charge in [-0.3, -0.25) is 10.1 Å². The van der Waals surface area contributed by atoms with E-state index in [4.69, 9.17) is 0 Å². The second-order valence-corrected chi connectivity index (χ2v) is 6.22. The van der Waals surface area contributed by atoms with Gasteiger partial charge in [-0.2, -0.15) is 11.8 Å². The summed E-state index contributed by atoms with van der Waals surface area (Å²) >= 11 is 1.93. The number of aryl methyl sites for hydroxylation is 1. The maximum absolute atomic E-state index is 11.1. The minimum absolute atomic E-state index is 0.187. The van der Waals surface area contributed by atoms with E-state index in [0.29, 0.717) is 11.7 Å². The van der Waals surface area contributed by atoms with Gasteiger partial charge in [-0.05, 0) is 44.4 Å². The monoisotopic (exact) mass is 280 g/mol. The Kier molecular flexibility index (Phi) is 4.69. The Morgan fingerprint density at radius 1 is 1.32 bits per heavy atom. The molecule has 4 nitrogen and oxygen atoms in total. The van der Waals surface area contributed by atoms with Crippen molar-refractivity contribution in [3.8, 4) is 0 Å². The van der Waals surface area contributed by atoms with Gasteiger partial charge in [0.2, 0.25) is 0 Å². The van der Waals surface area contributed by atoms with Crippen LogP contribution in [-0.2, 0) is 0 Å². The maximum Gasteiger partial charge on any atom is 0.292 e. The number of nitro benzene ring substituents is 1. The number of benzene rings is 1. The number of nitrogens with one attached hydrogen (secondary N) is 1. The molecule has 0 aromatic heterocycles. The molecule has 0 unspecified atom stereocenters. The van der Waals surface area contributed by atoms with Crippen LogP contribution in [0.25, 0.3) is 0 Å². The highest BCUT2D eigenvalue weighted by molar-refractivity contribution is 7.99. The quantitative estimate of drug-likeness (QED) is 0.669. The summed E-state index contributed by atoms with van der Waals surface area (Å²) in [4.78, 5) is 10.8. The Morgan fingerprint density at radius 2 is 2.00 bits per heavy atom. The molecule has 0 heterocycles. The number of hydrogen-bond donors (Lipinski definition) is 1. The van der Waals surface area contributed by atoms with Gasteiger partial charge in [0.1, 0.15) is 5.69 Å². The first-order valence-corrected chi connectivity index (χ1v) is 7.94. The SMILES string of the molecule is CSC1CCC(Nc2c(C)cccc2[N+](=O)[O-])CC1. The van der Waals surface area contributed by atoms with E-state index in [-0.39, 0.29) is 10.6 Å². The molecule has 1 N–H and O–H groups in total. The van der Waals surface area contributed by atoms with Crippen LogP contribution in [0.4, 0.5) is 11.4 Å². The molecule has 0 atom stereocenters. The van der Waals surface area contributed by atoms with E-state index in [9.17, 15) is 10.1 Å². The van der Waals surface area contributed by atoms with Crippen LogP contribution in [0, 0.1) is 17.0 Å². The Hall–Kier alpha value is -1.23. The number of hydrogen-bond acceptors (Lipinski definition) is 4. The first-order chi connectivity index (χ1) is 9.11. The molecule has 0 aliphatic heterocycles.